The van der Waals surface area contributed by atoms with Gasteiger partial charge in [-0.2, -0.15) is 0 Å². The summed E-state index contributed by atoms with van der Waals surface area (Å²) in [5.74, 6) is 0.884. The molecular formula is C22H30IN3O2. The number of nitrogens with zero attached hydrogens (tertiary/aromatic N) is 2. The first kappa shape index (κ1) is 22.6. The number of hydrogen-bond donors (Lipinski definition) is 1. The monoisotopic (exact) mass is 495 g/mol. The maximum absolute atomic E-state index is 6.04. The van der Waals surface area contributed by atoms with E-state index in [0.29, 0.717) is 13.2 Å². The van der Waals surface area contributed by atoms with Crippen LogP contribution < -0.4 is 5.32 Å². The van der Waals surface area contributed by atoms with Gasteiger partial charge in [-0.25, -0.2) is 0 Å². The Kier molecular flexibility index (Phi) is 9.21. The maximum Gasteiger partial charge on any atom is 0.193 e. The number of benzene rings is 2. The lowest BCUT2D eigenvalue weighted by Crippen LogP contribution is -2.49. The molecule has 0 spiro atoms. The zero-order valence-corrected chi connectivity index (χ0v) is 19.1. The molecule has 2 atom stereocenters. The Morgan fingerprint density at radius 3 is 2.61 bits per heavy atom. The minimum absolute atomic E-state index is 0. The summed E-state index contributed by atoms with van der Waals surface area (Å²) in [5.41, 5.74) is 3.66. The molecular weight excluding hydrogens is 465 g/mol. The Morgan fingerprint density at radius 1 is 1.21 bits per heavy atom. The normalized spacial score (nSPS) is 18.3. The van der Waals surface area contributed by atoms with Crippen molar-refractivity contribution in [2.45, 2.75) is 19.1 Å². The molecule has 0 bridgehead atoms. The number of rotatable bonds is 5. The second kappa shape index (κ2) is 11.4. The standard InChI is InChI=1S/C22H29N3O2.HI/c1-17-9-7-8-12-19(17)21-16-25(13-14-27-21)22(23-2)24-15-20(26-3)18-10-5-4-6-11-18;/h4-12,20-21H,13-16H2,1-3H3,(H,23,24);1H. The lowest BCUT2D eigenvalue weighted by Gasteiger charge is -2.36. The molecule has 28 heavy (non-hydrogen) atoms. The Morgan fingerprint density at radius 2 is 1.93 bits per heavy atom. The van der Waals surface area contributed by atoms with Crippen LogP contribution in [0.5, 0.6) is 0 Å². The third kappa shape index (κ3) is 5.68. The van der Waals surface area contributed by atoms with E-state index in [4.69, 9.17) is 9.47 Å². The van der Waals surface area contributed by atoms with Crippen molar-refractivity contribution in [1.82, 2.24) is 10.2 Å². The van der Waals surface area contributed by atoms with Crippen LogP contribution in [0.25, 0.3) is 0 Å². The topological polar surface area (TPSA) is 46.1 Å². The van der Waals surface area contributed by atoms with Crippen molar-refractivity contribution in [3.05, 3.63) is 71.3 Å². The van der Waals surface area contributed by atoms with Crippen LogP contribution in [0.2, 0.25) is 0 Å². The van der Waals surface area contributed by atoms with Gasteiger partial charge in [-0.3, -0.25) is 4.99 Å². The van der Waals surface area contributed by atoms with E-state index >= 15 is 0 Å². The molecule has 1 heterocycles. The molecule has 1 saturated heterocycles. The molecule has 0 aliphatic carbocycles. The van der Waals surface area contributed by atoms with Crippen LogP contribution >= 0.6 is 24.0 Å². The molecule has 0 saturated carbocycles. The van der Waals surface area contributed by atoms with E-state index in [2.05, 4.69) is 58.5 Å². The summed E-state index contributed by atoms with van der Waals surface area (Å²) in [6, 6.07) is 18.7. The van der Waals surface area contributed by atoms with E-state index in [1.807, 2.05) is 25.2 Å². The highest BCUT2D eigenvalue weighted by atomic mass is 127. The van der Waals surface area contributed by atoms with Gasteiger partial charge in [0.15, 0.2) is 5.96 Å². The lowest BCUT2D eigenvalue weighted by atomic mass is 10.0. The molecule has 1 fully saturated rings. The van der Waals surface area contributed by atoms with Gasteiger partial charge in [0.05, 0.1) is 19.3 Å². The zero-order chi connectivity index (χ0) is 19.1. The number of nitrogens with one attached hydrogen (secondary N) is 1. The maximum atomic E-state index is 6.04. The summed E-state index contributed by atoms with van der Waals surface area (Å²) >= 11 is 0. The fraction of sp³-hybridized carbons (Fsp3) is 0.409. The number of aryl methyl sites for hydroxylation is 1. The summed E-state index contributed by atoms with van der Waals surface area (Å²) < 4.78 is 11.7. The molecule has 1 N–H and O–H groups in total. The number of halogens is 1. The smallest absolute Gasteiger partial charge is 0.193 e. The first-order valence-electron chi connectivity index (χ1n) is 9.43. The van der Waals surface area contributed by atoms with E-state index < -0.39 is 0 Å². The quantitative estimate of drug-likeness (QED) is 0.388. The number of methoxy groups -OCH3 is 1. The van der Waals surface area contributed by atoms with Gasteiger partial charge in [-0.15, -0.1) is 24.0 Å². The number of hydrogen-bond acceptors (Lipinski definition) is 3. The zero-order valence-electron chi connectivity index (χ0n) is 16.8. The molecule has 0 amide bonds. The molecule has 0 aromatic heterocycles. The number of guanidine groups is 1. The summed E-state index contributed by atoms with van der Waals surface area (Å²) in [5, 5.41) is 3.47. The average Bonchev–Trinajstić information content (AvgIpc) is 2.72. The molecule has 1 aliphatic rings. The van der Waals surface area contributed by atoms with Gasteiger partial charge in [0, 0.05) is 27.2 Å². The lowest BCUT2D eigenvalue weighted by molar-refractivity contribution is -0.00862. The average molecular weight is 495 g/mol. The highest BCUT2D eigenvalue weighted by molar-refractivity contribution is 14.0. The SMILES string of the molecule is CN=C(NCC(OC)c1ccccc1)N1CCOC(c2ccccc2C)C1.I. The van der Waals surface area contributed by atoms with Crippen molar-refractivity contribution < 1.29 is 9.47 Å². The van der Waals surface area contributed by atoms with Crippen LogP contribution in [0.1, 0.15) is 28.9 Å². The fourth-order valence-corrected chi connectivity index (χ4v) is 3.50. The van der Waals surface area contributed by atoms with Gasteiger partial charge < -0.3 is 19.7 Å². The van der Waals surface area contributed by atoms with Crippen LogP contribution in [-0.4, -0.2) is 51.3 Å². The second-order valence-corrected chi connectivity index (χ2v) is 6.73. The van der Waals surface area contributed by atoms with Gasteiger partial charge in [0.25, 0.3) is 0 Å². The molecule has 2 aromatic carbocycles. The molecule has 5 nitrogen and oxygen atoms in total. The van der Waals surface area contributed by atoms with Crippen molar-refractivity contribution in [3.63, 3.8) is 0 Å². The Labute approximate surface area is 185 Å². The third-order valence-corrected chi connectivity index (χ3v) is 5.01. The molecule has 1 aliphatic heterocycles. The molecule has 3 rings (SSSR count). The van der Waals surface area contributed by atoms with Crippen molar-refractivity contribution in [2.24, 2.45) is 4.99 Å². The van der Waals surface area contributed by atoms with E-state index in [0.717, 1.165) is 24.6 Å². The predicted molar refractivity (Wildman–Crippen MR) is 124 cm³/mol. The fourth-order valence-electron chi connectivity index (χ4n) is 3.50. The third-order valence-electron chi connectivity index (χ3n) is 5.01. The summed E-state index contributed by atoms with van der Waals surface area (Å²) in [4.78, 5) is 6.74. The van der Waals surface area contributed by atoms with Gasteiger partial charge in [-0.1, -0.05) is 54.6 Å². The Hall–Kier alpha value is -1.64. The van der Waals surface area contributed by atoms with Crippen molar-refractivity contribution in [1.29, 1.82) is 0 Å². The van der Waals surface area contributed by atoms with Crippen molar-refractivity contribution in [3.8, 4) is 0 Å². The van der Waals surface area contributed by atoms with Gasteiger partial charge in [-0.05, 0) is 23.6 Å². The van der Waals surface area contributed by atoms with Crippen LogP contribution in [0.4, 0.5) is 0 Å². The van der Waals surface area contributed by atoms with E-state index in [1.54, 1.807) is 7.11 Å². The molecule has 0 radical (unpaired) electrons. The summed E-state index contributed by atoms with van der Waals surface area (Å²) in [6.45, 7) is 5.10. The van der Waals surface area contributed by atoms with Gasteiger partial charge in [0.2, 0.25) is 0 Å². The number of aliphatic imine (C=N–C) groups is 1. The molecule has 2 unspecified atom stereocenters. The number of ether oxygens (including phenoxy) is 2. The highest BCUT2D eigenvalue weighted by Gasteiger charge is 2.25. The predicted octanol–water partition coefficient (Wildman–Crippen LogP) is 3.95. The van der Waals surface area contributed by atoms with Crippen molar-refractivity contribution >= 4 is 29.9 Å². The highest BCUT2D eigenvalue weighted by Crippen LogP contribution is 2.25. The molecule has 152 valence electrons. The summed E-state index contributed by atoms with van der Waals surface area (Å²) in [6.07, 6.45) is 0.0435. The largest absolute Gasteiger partial charge is 0.375 e. The van der Waals surface area contributed by atoms with E-state index in [9.17, 15) is 0 Å². The number of morpholine rings is 1. The second-order valence-electron chi connectivity index (χ2n) is 6.73. The van der Waals surface area contributed by atoms with Crippen LogP contribution in [0.3, 0.4) is 0 Å². The molecule has 2 aromatic rings. The first-order valence-corrected chi connectivity index (χ1v) is 9.43. The van der Waals surface area contributed by atoms with Gasteiger partial charge in [0.1, 0.15) is 6.10 Å². The van der Waals surface area contributed by atoms with Crippen LogP contribution in [0.15, 0.2) is 59.6 Å². The van der Waals surface area contributed by atoms with E-state index in [1.165, 1.54) is 11.1 Å². The van der Waals surface area contributed by atoms with E-state index in [-0.39, 0.29) is 36.2 Å². The van der Waals surface area contributed by atoms with Crippen LogP contribution in [-0.2, 0) is 9.47 Å². The Balaban J connectivity index is 0.00000280. The van der Waals surface area contributed by atoms with Gasteiger partial charge >= 0.3 is 0 Å². The Bertz CT molecular complexity index is 754. The summed E-state index contributed by atoms with van der Waals surface area (Å²) in [7, 11) is 3.57. The van der Waals surface area contributed by atoms with Crippen LogP contribution in [0, 0.1) is 6.92 Å². The minimum Gasteiger partial charge on any atom is -0.375 e. The first-order chi connectivity index (χ1) is 13.2. The molecule has 6 heteroatoms. The minimum atomic E-state index is -0.0174. The van der Waals surface area contributed by atoms with Crippen molar-refractivity contribution in [2.75, 3.05) is 40.4 Å².